The zero-order valence-electron chi connectivity index (χ0n) is 15.1. The molecular formula is C19H25N3O3. The number of carbonyl (C=O) groups is 2. The van der Waals surface area contributed by atoms with Crippen LogP contribution in [0.4, 0.5) is 10.5 Å². The number of piperazine rings is 1. The summed E-state index contributed by atoms with van der Waals surface area (Å²) in [6.45, 7) is 7.87. The molecule has 6 nitrogen and oxygen atoms in total. The average Bonchev–Trinajstić information content (AvgIpc) is 2.59. The third kappa shape index (κ3) is 5.38. The van der Waals surface area contributed by atoms with Gasteiger partial charge in [0.15, 0.2) is 5.78 Å². The van der Waals surface area contributed by atoms with E-state index in [1.807, 2.05) is 43.3 Å². The number of nitrogens with zero attached hydrogens (tertiary/aromatic N) is 3. The largest absolute Gasteiger partial charge is 0.416 e. The van der Waals surface area contributed by atoms with E-state index in [0.29, 0.717) is 24.4 Å². The van der Waals surface area contributed by atoms with Crippen molar-refractivity contribution in [2.75, 3.05) is 45.2 Å². The van der Waals surface area contributed by atoms with Crippen LogP contribution in [0.25, 0.3) is 0 Å². The van der Waals surface area contributed by atoms with Crippen LogP contribution in [0.1, 0.15) is 17.3 Å². The Bertz CT molecular complexity index is 657. The van der Waals surface area contributed by atoms with Gasteiger partial charge in [0, 0.05) is 63.8 Å². The zero-order chi connectivity index (χ0) is 18.4. The summed E-state index contributed by atoms with van der Waals surface area (Å²) in [5.41, 5.74) is 1.70. The Balaban J connectivity index is 1.92. The topological polar surface area (TPSA) is 53.1 Å². The van der Waals surface area contributed by atoms with Crippen molar-refractivity contribution in [2.45, 2.75) is 6.92 Å². The molecule has 0 aromatic heterocycles. The third-order valence-corrected chi connectivity index (χ3v) is 3.84. The maximum atomic E-state index is 12.1. The molecule has 1 aromatic rings. The number of hydrogen-bond donors (Lipinski definition) is 0. The maximum absolute atomic E-state index is 12.1. The van der Waals surface area contributed by atoms with E-state index in [4.69, 9.17) is 4.74 Å². The van der Waals surface area contributed by atoms with Crippen molar-refractivity contribution in [2.24, 2.45) is 0 Å². The van der Waals surface area contributed by atoms with Crippen molar-refractivity contribution in [3.63, 3.8) is 0 Å². The smallest absolute Gasteiger partial charge is 0.414 e. The molecule has 134 valence electrons. The molecule has 0 radical (unpaired) electrons. The molecule has 0 N–H and O–H groups in total. The molecule has 6 heteroatoms. The molecule has 1 aliphatic rings. The van der Waals surface area contributed by atoms with Crippen LogP contribution >= 0.6 is 0 Å². The summed E-state index contributed by atoms with van der Waals surface area (Å²) in [6, 6.07) is 7.55. The minimum atomic E-state index is -0.347. The number of benzene rings is 1. The van der Waals surface area contributed by atoms with Crippen molar-refractivity contribution in [3.8, 4) is 0 Å². The van der Waals surface area contributed by atoms with Crippen LogP contribution in [-0.4, -0.2) is 62.0 Å². The first-order valence-electron chi connectivity index (χ1n) is 8.23. The predicted molar refractivity (Wildman–Crippen MR) is 98.7 cm³/mol. The van der Waals surface area contributed by atoms with Gasteiger partial charge in [-0.2, -0.15) is 0 Å². The number of rotatable bonds is 5. The molecule has 1 heterocycles. The van der Waals surface area contributed by atoms with Gasteiger partial charge in [-0.1, -0.05) is 6.58 Å². The second-order valence-corrected chi connectivity index (χ2v) is 6.23. The van der Waals surface area contributed by atoms with Gasteiger partial charge < -0.3 is 19.4 Å². The van der Waals surface area contributed by atoms with Crippen LogP contribution in [0, 0.1) is 0 Å². The zero-order valence-corrected chi connectivity index (χ0v) is 15.1. The van der Waals surface area contributed by atoms with Crippen LogP contribution in [0.5, 0.6) is 0 Å². The molecule has 0 unspecified atom stereocenters. The van der Waals surface area contributed by atoms with Crippen molar-refractivity contribution in [3.05, 3.63) is 54.4 Å². The molecule has 2 rings (SSSR count). The molecule has 0 aliphatic carbocycles. The summed E-state index contributed by atoms with van der Waals surface area (Å²) in [5, 5.41) is 0. The standard InChI is InChI=1S/C19H25N3O3/c1-15(2)25-19(24)22-13-11-21(12-14-22)17-7-5-16(6-8-17)18(23)9-10-20(3)4/h5-10H,1,11-14H2,2-4H3. The Morgan fingerprint density at radius 3 is 2.24 bits per heavy atom. The van der Waals surface area contributed by atoms with Crippen molar-refractivity contribution >= 4 is 17.6 Å². The summed E-state index contributed by atoms with van der Waals surface area (Å²) < 4.78 is 5.04. The third-order valence-electron chi connectivity index (χ3n) is 3.84. The number of anilines is 1. The lowest BCUT2D eigenvalue weighted by molar-refractivity contribution is 0.104. The molecule has 1 saturated heterocycles. The number of amides is 1. The lowest BCUT2D eigenvalue weighted by atomic mass is 10.1. The summed E-state index contributed by atoms with van der Waals surface area (Å²) in [6.07, 6.45) is 2.95. The first kappa shape index (κ1) is 18.6. The van der Waals surface area contributed by atoms with E-state index in [1.165, 1.54) is 0 Å². The van der Waals surface area contributed by atoms with Gasteiger partial charge in [-0.05, 0) is 31.2 Å². The molecule has 25 heavy (non-hydrogen) atoms. The van der Waals surface area contributed by atoms with Gasteiger partial charge in [-0.15, -0.1) is 0 Å². The molecule has 1 amide bonds. The highest BCUT2D eigenvalue weighted by atomic mass is 16.6. The second kappa shape index (κ2) is 8.37. The Hall–Kier alpha value is -2.76. The average molecular weight is 343 g/mol. The van der Waals surface area contributed by atoms with E-state index >= 15 is 0 Å². The Morgan fingerprint density at radius 1 is 1.12 bits per heavy atom. The Labute approximate surface area is 149 Å². The molecule has 1 aliphatic heterocycles. The molecule has 1 aromatic carbocycles. The highest BCUT2D eigenvalue weighted by Gasteiger charge is 2.22. The van der Waals surface area contributed by atoms with Crippen molar-refractivity contribution < 1.29 is 14.3 Å². The van der Waals surface area contributed by atoms with E-state index in [2.05, 4.69) is 11.5 Å². The maximum Gasteiger partial charge on any atom is 0.414 e. The second-order valence-electron chi connectivity index (χ2n) is 6.23. The highest BCUT2D eigenvalue weighted by molar-refractivity contribution is 6.04. The molecule has 1 fully saturated rings. The highest BCUT2D eigenvalue weighted by Crippen LogP contribution is 2.18. The summed E-state index contributed by atoms with van der Waals surface area (Å²) in [5.74, 6) is 0.378. The molecule has 0 atom stereocenters. The molecular weight excluding hydrogens is 318 g/mol. The fraction of sp³-hybridized carbons (Fsp3) is 0.368. The number of ketones is 1. The fourth-order valence-corrected chi connectivity index (χ4v) is 2.51. The predicted octanol–water partition coefficient (Wildman–Crippen LogP) is 2.74. The van der Waals surface area contributed by atoms with E-state index in [-0.39, 0.29) is 11.9 Å². The number of hydrogen-bond acceptors (Lipinski definition) is 5. The van der Waals surface area contributed by atoms with Gasteiger partial charge in [0.05, 0.1) is 5.76 Å². The van der Waals surface area contributed by atoms with Crippen molar-refractivity contribution in [1.82, 2.24) is 9.80 Å². The fourth-order valence-electron chi connectivity index (χ4n) is 2.51. The van der Waals surface area contributed by atoms with Crippen LogP contribution in [-0.2, 0) is 4.74 Å². The lowest BCUT2D eigenvalue weighted by Crippen LogP contribution is -2.48. The minimum Gasteiger partial charge on any atom is -0.416 e. The van der Waals surface area contributed by atoms with E-state index < -0.39 is 0 Å². The molecule has 0 saturated carbocycles. The summed E-state index contributed by atoms with van der Waals surface area (Å²) >= 11 is 0. The Kier molecular flexibility index (Phi) is 6.22. The van der Waals surface area contributed by atoms with Crippen molar-refractivity contribution in [1.29, 1.82) is 0 Å². The van der Waals surface area contributed by atoms with E-state index in [9.17, 15) is 9.59 Å². The van der Waals surface area contributed by atoms with Crippen LogP contribution in [0.15, 0.2) is 48.9 Å². The summed E-state index contributed by atoms with van der Waals surface area (Å²) in [7, 11) is 3.75. The minimum absolute atomic E-state index is 0.0207. The van der Waals surface area contributed by atoms with Gasteiger partial charge in [0.2, 0.25) is 0 Å². The summed E-state index contributed by atoms with van der Waals surface area (Å²) in [4.78, 5) is 29.6. The van der Waals surface area contributed by atoms with E-state index in [0.717, 1.165) is 18.8 Å². The van der Waals surface area contributed by atoms with Crippen LogP contribution in [0.2, 0.25) is 0 Å². The monoisotopic (exact) mass is 343 g/mol. The Morgan fingerprint density at radius 2 is 1.72 bits per heavy atom. The van der Waals surface area contributed by atoms with Gasteiger partial charge in [-0.3, -0.25) is 4.79 Å². The lowest BCUT2D eigenvalue weighted by Gasteiger charge is -2.35. The van der Waals surface area contributed by atoms with Crippen LogP contribution in [0.3, 0.4) is 0 Å². The molecule has 0 spiro atoms. The quantitative estimate of drug-likeness (QED) is 0.467. The first-order chi connectivity index (χ1) is 11.9. The van der Waals surface area contributed by atoms with Gasteiger partial charge >= 0.3 is 6.09 Å². The van der Waals surface area contributed by atoms with Gasteiger partial charge in [0.25, 0.3) is 0 Å². The number of allylic oxidation sites excluding steroid dienone is 2. The number of ether oxygens (including phenoxy) is 1. The normalized spacial score (nSPS) is 14.5. The SMILES string of the molecule is C=C(C)OC(=O)N1CCN(c2ccc(C(=O)C=CN(C)C)cc2)CC1. The van der Waals surface area contributed by atoms with E-state index in [1.54, 1.807) is 24.1 Å². The molecule has 0 bridgehead atoms. The number of carbonyl (C=O) groups excluding carboxylic acids is 2. The first-order valence-corrected chi connectivity index (χ1v) is 8.23. The van der Waals surface area contributed by atoms with Crippen LogP contribution < -0.4 is 4.90 Å². The van der Waals surface area contributed by atoms with Gasteiger partial charge in [-0.25, -0.2) is 4.79 Å². The van der Waals surface area contributed by atoms with Gasteiger partial charge in [0.1, 0.15) is 0 Å².